The van der Waals surface area contributed by atoms with Crippen molar-refractivity contribution in [3.05, 3.63) is 84.9 Å². The van der Waals surface area contributed by atoms with Crippen LogP contribution in [0.15, 0.2) is 84.9 Å². The lowest BCUT2D eigenvalue weighted by atomic mass is 9.97. The van der Waals surface area contributed by atoms with E-state index < -0.39 is 7.14 Å². The van der Waals surface area contributed by atoms with E-state index in [1.165, 1.54) is 11.7 Å². The van der Waals surface area contributed by atoms with Crippen molar-refractivity contribution < 1.29 is 4.57 Å². The number of fused-ring (bicyclic) bond motifs is 5. The summed E-state index contributed by atoms with van der Waals surface area (Å²) >= 11 is 1.24. The van der Waals surface area contributed by atoms with Crippen LogP contribution < -0.4 is 5.30 Å². The molecule has 0 aliphatic rings. The fourth-order valence-electron chi connectivity index (χ4n) is 4.35. The number of hydrogen-bond donors (Lipinski definition) is 0. The zero-order valence-corrected chi connectivity index (χ0v) is 19.9. The molecule has 0 unspecified atom stereocenters. The van der Waals surface area contributed by atoms with Crippen molar-refractivity contribution in [2.75, 3.05) is 13.3 Å². The van der Waals surface area contributed by atoms with Crippen molar-refractivity contribution in [3.63, 3.8) is 0 Å². The maximum Gasteiger partial charge on any atom is 0.113 e. The second kappa shape index (κ2) is 7.58. The lowest BCUT2D eigenvalue weighted by Gasteiger charge is -2.12. The monoisotopic (exact) mass is 465 g/mol. The zero-order chi connectivity index (χ0) is 22.6. The van der Waals surface area contributed by atoms with Crippen LogP contribution in [0, 0.1) is 0 Å². The summed E-state index contributed by atoms with van der Waals surface area (Å²) < 4.78 is 21.5. The Balaban J connectivity index is 1.63. The summed E-state index contributed by atoms with van der Waals surface area (Å²) in [5, 5.41) is 4.12. The Bertz CT molecular complexity index is 1700. The van der Waals surface area contributed by atoms with Crippen molar-refractivity contribution in [1.29, 1.82) is 0 Å². The van der Waals surface area contributed by atoms with Crippen LogP contribution in [0.25, 0.3) is 55.1 Å². The molecule has 2 aromatic heterocycles. The van der Waals surface area contributed by atoms with Gasteiger partial charge in [-0.2, -0.15) is 8.75 Å². The molecule has 0 aliphatic carbocycles. The highest BCUT2D eigenvalue weighted by molar-refractivity contribution is 7.70. The van der Waals surface area contributed by atoms with Crippen molar-refractivity contribution in [2.24, 2.45) is 0 Å². The van der Waals surface area contributed by atoms with E-state index in [4.69, 9.17) is 4.98 Å². The molecule has 4 nitrogen and oxygen atoms in total. The molecular weight excluding hydrogens is 445 g/mol. The summed E-state index contributed by atoms with van der Waals surface area (Å²) in [6.07, 6.45) is 0. The maximum absolute atomic E-state index is 12.4. The molecule has 0 atom stereocenters. The second-order valence-corrected chi connectivity index (χ2v) is 12.3. The molecule has 0 N–H and O–H groups in total. The average molecular weight is 466 g/mol. The largest absolute Gasteiger partial charge is 0.319 e. The van der Waals surface area contributed by atoms with E-state index in [2.05, 4.69) is 45.1 Å². The van der Waals surface area contributed by atoms with E-state index in [0.29, 0.717) is 0 Å². The Morgan fingerprint density at radius 2 is 1.42 bits per heavy atom. The van der Waals surface area contributed by atoms with Crippen LogP contribution in [0.2, 0.25) is 0 Å². The molecule has 4 aromatic carbocycles. The van der Waals surface area contributed by atoms with Gasteiger partial charge in [-0.15, -0.1) is 0 Å². The second-order valence-electron chi connectivity index (χ2n) is 8.58. The van der Waals surface area contributed by atoms with E-state index in [1.54, 1.807) is 13.3 Å². The van der Waals surface area contributed by atoms with Crippen LogP contribution >= 0.6 is 18.9 Å². The van der Waals surface area contributed by atoms with Crippen LogP contribution in [-0.4, -0.2) is 27.1 Å². The van der Waals surface area contributed by atoms with Gasteiger partial charge >= 0.3 is 0 Å². The van der Waals surface area contributed by atoms with Gasteiger partial charge in [0.1, 0.15) is 18.2 Å². The lowest BCUT2D eigenvalue weighted by Crippen LogP contribution is -2.01. The summed E-state index contributed by atoms with van der Waals surface area (Å²) in [6.45, 7) is 3.60. The molecule has 0 amide bonds. The fourth-order valence-corrected chi connectivity index (χ4v) is 5.76. The Hall–Kier alpha value is -3.40. The van der Waals surface area contributed by atoms with Crippen LogP contribution in [0.4, 0.5) is 0 Å². The standard InChI is InChI=1S/C27H20N3OPS/c1-32(2,31)20-11-8-17(9-12-20)19-10-13-21-24(16-19)28-26(18-6-4-3-5-7-18)22-14-15-23-27(25(21)22)30-33-29-23/h3-16H,1-2H3. The van der Waals surface area contributed by atoms with Crippen LogP contribution in [0.3, 0.4) is 0 Å². The molecule has 0 radical (unpaired) electrons. The first-order valence-electron chi connectivity index (χ1n) is 10.7. The molecule has 0 spiro atoms. The first-order valence-corrected chi connectivity index (χ1v) is 14.0. The first kappa shape index (κ1) is 20.2. The third-order valence-corrected chi connectivity index (χ3v) is 8.14. The highest BCUT2D eigenvalue weighted by atomic mass is 32.1. The van der Waals surface area contributed by atoms with E-state index in [9.17, 15) is 4.57 Å². The van der Waals surface area contributed by atoms with Gasteiger partial charge in [-0.1, -0.05) is 66.7 Å². The predicted molar refractivity (Wildman–Crippen MR) is 140 cm³/mol. The summed E-state index contributed by atoms with van der Waals surface area (Å²) in [6, 6.07) is 28.8. The SMILES string of the molecule is CP(C)(=O)c1ccc(-c2ccc3c(c2)nc(-c2ccccc2)c2ccc4nsnc4c23)cc1. The lowest BCUT2D eigenvalue weighted by molar-refractivity contribution is 0.588. The Kier molecular flexibility index (Phi) is 4.65. The van der Waals surface area contributed by atoms with Crippen LogP contribution in [-0.2, 0) is 4.57 Å². The minimum absolute atomic E-state index is 0.890. The molecule has 0 fully saturated rings. The molecular formula is C27H20N3OPS. The molecule has 6 rings (SSSR count). The van der Waals surface area contributed by atoms with Gasteiger partial charge in [0.25, 0.3) is 0 Å². The first-order chi connectivity index (χ1) is 16.0. The normalized spacial score (nSPS) is 12.1. The number of nitrogens with zero attached hydrogens (tertiary/aromatic N) is 3. The number of pyridine rings is 1. The fraction of sp³-hybridized carbons (Fsp3) is 0.0741. The molecule has 2 heterocycles. The van der Waals surface area contributed by atoms with Crippen LogP contribution in [0.1, 0.15) is 0 Å². The van der Waals surface area contributed by atoms with Gasteiger partial charge in [-0.05, 0) is 42.7 Å². The van der Waals surface area contributed by atoms with E-state index in [0.717, 1.165) is 60.4 Å². The van der Waals surface area contributed by atoms with Crippen molar-refractivity contribution in [3.8, 4) is 22.4 Å². The van der Waals surface area contributed by atoms with Gasteiger partial charge in [0.15, 0.2) is 0 Å². The average Bonchev–Trinajstić information content (AvgIpc) is 3.32. The quantitative estimate of drug-likeness (QED) is 0.209. The third-order valence-electron chi connectivity index (χ3n) is 6.05. The topological polar surface area (TPSA) is 55.7 Å². The smallest absolute Gasteiger partial charge is 0.113 e. The van der Waals surface area contributed by atoms with E-state index >= 15 is 0 Å². The van der Waals surface area contributed by atoms with E-state index in [-0.39, 0.29) is 0 Å². The minimum atomic E-state index is -2.28. The number of rotatable bonds is 3. The van der Waals surface area contributed by atoms with Crippen molar-refractivity contribution >= 4 is 56.9 Å². The highest BCUT2D eigenvalue weighted by Gasteiger charge is 2.16. The molecule has 33 heavy (non-hydrogen) atoms. The van der Waals surface area contributed by atoms with Gasteiger partial charge < -0.3 is 4.57 Å². The predicted octanol–water partition coefficient (Wildman–Crippen LogP) is 6.97. The highest BCUT2D eigenvalue weighted by Crippen LogP contribution is 2.38. The molecule has 0 saturated carbocycles. The van der Waals surface area contributed by atoms with Crippen LogP contribution in [0.5, 0.6) is 0 Å². The zero-order valence-electron chi connectivity index (χ0n) is 18.2. The van der Waals surface area contributed by atoms with Gasteiger partial charge in [-0.3, -0.25) is 0 Å². The molecule has 0 saturated heterocycles. The van der Waals surface area contributed by atoms with Crippen molar-refractivity contribution in [1.82, 2.24) is 13.7 Å². The third kappa shape index (κ3) is 3.45. The summed E-state index contributed by atoms with van der Waals surface area (Å²) in [4.78, 5) is 5.12. The Labute approximate surface area is 195 Å². The number of hydrogen-bond acceptors (Lipinski definition) is 5. The number of benzene rings is 4. The summed E-state index contributed by atoms with van der Waals surface area (Å²) in [5.74, 6) is 0. The van der Waals surface area contributed by atoms with Crippen molar-refractivity contribution in [2.45, 2.75) is 0 Å². The molecule has 6 aromatic rings. The summed E-state index contributed by atoms with van der Waals surface area (Å²) in [7, 11) is -2.28. The summed E-state index contributed by atoms with van der Waals surface area (Å²) in [5.41, 5.74) is 6.90. The molecule has 160 valence electrons. The maximum atomic E-state index is 12.4. The van der Waals surface area contributed by atoms with E-state index in [1.807, 2.05) is 48.5 Å². The Morgan fingerprint density at radius 3 is 2.18 bits per heavy atom. The Morgan fingerprint density at radius 1 is 0.697 bits per heavy atom. The molecule has 6 heteroatoms. The molecule has 0 bridgehead atoms. The van der Waals surface area contributed by atoms with Gasteiger partial charge in [0, 0.05) is 27.0 Å². The molecule has 0 aliphatic heterocycles. The minimum Gasteiger partial charge on any atom is -0.319 e. The number of aromatic nitrogens is 3. The van der Waals surface area contributed by atoms with Gasteiger partial charge in [-0.25, -0.2) is 4.98 Å². The van der Waals surface area contributed by atoms with Gasteiger partial charge in [0.2, 0.25) is 0 Å². The van der Waals surface area contributed by atoms with Gasteiger partial charge in [0.05, 0.1) is 22.9 Å².